The van der Waals surface area contributed by atoms with Gasteiger partial charge in [0.1, 0.15) is 16.7 Å². The van der Waals surface area contributed by atoms with Crippen molar-refractivity contribution in [1.82, 2.24) is 9.62 Å². The Morgan fingerprint density at radius 2 is 2.04 bits per heavy atom. The van der Waals surface area contributed by atoms with Gasteiger partial charge in [-0.15, -0.1) is 12.4 Å². The van der Waals surface area contributed by atoms with Crippen molar-refractivity contribution in [3.05, 3.63) is 18.2 Å². The molecule has 1 aromatic rings. The number of anilines is 1. The number of hydrogen-bond acceptors (Lipinski definition) is 6. The van der Waals surface area contributed by atoms with E-state index >= 15 is 0 Å². The van der Waals surface area contributed by atoms with Crippen molar-refractivity contribution in [3.8, 4) is 5.75 Å². The van der Waals surface area contributed by atoms with Gasteiger partial charge in [0.05, 0.1) is 20.3 Å². The first kappa shape index (κ1) is 21.9. The number of amides is 1. The summed E-state index contributed by atoms with van der Waals surface area (Å²) in [5.74, 6) is 0.0175. The number of piperidine rings is 1. The molecule has 1 aromatic carbocycles. The Morgan fingerprint density at radius 1 is 1.30 bits per heavy atom. The van der Waals surface area contributed by atoms with Gasteiger partial charge in [-0.05, 0) is 31.0 Å². The van der Waals surface area contributed by atoms with Crippen LogP contribution >= 0.6 is 12.4 Å². The summed E-state index contributed by atoms with van der Waals surface area (Å²) < 4.78 is 38.0. The summed E-state index contributed by atoms with van der Waals surface area (Å²) in [4.78, 5) is 12.4. The molecule has 2 N–H and O–H groups in total. The highest BCUT2D eigenvalue weighted by atomic mass is 35.5. The molecule has 0 bridgehead atoms. The third-order valence-electron chi connectivity index (χ3n) is 4.60. The number of sulfonamides is 1. The molecule has 8 nitrogen and oxygen atoms in total. The molecule has 2 aliphatic heterocycles. The molecule has 1 atom stereocenters. The van der Waals surface area contributed by atoms with Gasteiger partial charge < -0.3 is 20.1 Å². The van der Waals surface area contributed by atoms with E-state index in [1.165, 1.54) is 17.5 Å². The van der Waals surface area contributed by atoms with Crippen LogP contribution in [0.15, 0.2) is 23.1 Å². The molecule has 2 heterocycles. The number of rotatable bonds is 5. The maximum absolute atomic E-state index is 13.0. The number of hydrogen-bond donors (Lipinski definition) is 2. The molecule has 0 aliphatic carbocycles. The fourth-order valence-corrected chi connectivity index (χ4v) is 4.86. The van der Waals surface area contributed by atoms with E-state index in [0.29, 0.717) is 38.5 Å². The van der Waals surface area contributed by atoms with E-state index in [1.54, 1.807) is 12.1 Å². The van der Waals surface area contributed by atoms with Gasteiger partial charge in [-0.25, -0.2) is 8.42 Å². The second kappa shape index (κ2) is 9.70. The summed E-state index contributed by atoms with van der Waals surface area (Å²) in [6.07, 6.45) is 2.74. The maximum Gasteiger partial charge on any atom is 0.246 e. The van der Waals surface area contributed by atoms with Gasteiger partial charge >= 0.3 is 0 Å². The molecule has 0 spiro atoms. The van der Waals surface area contributed by atoms with Gasteiger partial charge in [0.25, 0.3) is 0 Å². The minimum absolute atomic E-state index is 0. The first-order valence-corrected chi connectivity index (χ1v) is 10.3. The fraction of sp³-hybridized carbons (Fsp3) is 0.588. The lowest BCUT2D eigenvalue weighted by Gasteiger charge is -2.27. The minimum Gasteiger partial charge on any atom is -0.495 e. The van der Waals surface area contributed by atoms with Crippen LogP contribution in [-0.2, 0) is 19.6 Å². The zero-order chi connectivity index (χ0) is 18.6. The Hall–Kier alpha value is -1.39. The molecule has 3 rings (SSSR count). The monoisotopic (exact) mass is 419 g/mol. The topological polar surface area (TPSA) is 97.0 Å². The lowest BCUT2D eigenvalue weighted by atomic mass is 10.2. The van der Waals surface area contributed by atoms with Crippen LogP contribution in [0.5, 0.6) is 5.75 Å². The van der Waals surface area contributed by atoms with Crippen molar-refractivity contribution in [2.75, 3.05) is 45.3 Å². The highest BCUT2D eigenvalue weighted by Gasteiger charge is 2.29. The summed E-state index contributed by atoms with van der Waals surface area (Å²) in [7, 11) is -2.23. The Kier molecular flexibility index (Phi) is 7.87. The lowest BCUT2D eigenvalue weighted by molar-refractivity contribution is -0.120. The number of carbonyl (C=O) groups is 1. The summed E-state index contributed by atoms with van der Waals surface area (Å²) in [6, 6.07) is 4.21. The summed E-state index contributed by atoms with van der Waals surface area (Å²) >= 11 is 0. The number of morpholine rings is 1. The minimum atomic E-state index is -3.67. The predicted molar refractivity (Wildman–Crippen MR) is 104 cm³/mol. The summed E-state index contributed by atoms with van der Waals surface area (Å²) in [5.41, 5.74) is 0.416. The second-order valence-corrected chi connectivity index (χ2v) is 8.31. The molecular formula is C17H26ClN3O5S. The van der Waals surface area contributed by atoms with E-state index in [2.05, 4.69) is 10.6 Å². The van der Waals surface area contributed by atoms with Crippen molar-refractivity contribution >= 4 is 34.0 Å². The quantitative estimate of drug-likeness (QED) is 0.744. The normalized spacial score (nSPS) is 21.1. The molecule has 1 unspecified atom stereocenters. The van der Waals surface area contributed by atoms with Gasteiger partial charge in [-0.3, -0.25) is 4.79 Å². The van der Waals surface area contributed by atoms with Crippen LogP contribution in [-0.4, -0.2) is 64.6 Å². The van der Waals surface area contributed by atoms with E-state index in [9.17, 15) is 13.2 Å². The zero-order valence-corrected chi connectivity index (χ0v) is 16.9. The van der Waals surface area contributed by atoms with Crippen LogP contribution < -0.4 is 15.4 Å². The third-order valence-corrected chi connectivity index (χ3v) is 6.52. The molecule has 2 saturated heterocycles. The largest absolute Gasteiger partial charge is 0.495 e. The van der Waals surface area contributed by atoms with Crippen LogP contribution in [0.2, 0.25) is 0 Å². The number of nitrogens with one attached hydrogen (secondary N) is 2. The van der Waals surface area contributed by atoms with Crippen LogP contribution in [0.3, 0.4) is 0 Å². The van der Waals surface area contributed by atoms with Crippen molar-refractivity contribution in [1.29, 1.82) is 0 Å². The molecule has 0 saturated carbocycles. The van der Waals surface area contributed by atoms with Gasteiger partial charge in [-0.1, -0.05) is 6.42 Å². The molecular weight excluding hydrogens is 394 g/mol. The number of nitrogens with zero attached hydrogens (tertiary/aromatic N) is 1. The van der Waals surface area contributed by atoms with Crippen molar-refractivity contribution in [3.63, 3.8) is 0 Å². The van der Waals surface area contributed by atoms with Crippen LogP contribution in [0.4, 0.5) is 5.69 Å². The van der Waals surface area contributed by atoms with Crippen LogP contribution in [0.25, 0.3) is 0 Å². The Bertz CT molecular complexity index is 747. The highest BCUT2D eigenvalue weighted by Crippen LogP contribution is 2.31. The Morgan fingerprint density at radius 3 is 2.67 bits per heavy atom. The number of ether oxygens (including phenoxy) is 2. The molecule has 152 valence electrons. The smallest absolute Gasteiger partial charge is 0.246 e. The number of carbonyl (C=O) groups excluding carboxylic acids is 1. The maximum atomic E-state index is 13.0. The molecule has 0 aromatic heterocycles. The number of halogens is 1. The van der Waals surface area contributed by atoms with Crippen LogP contribution in [0, 0.1) is 0 Å². The standard InChI is InChI=1S/C17H25N3O5S.ClH/c1-24-15-6-5-13(19-17(21)14-12-25-10-7-18-14)11-16(15)26(22,23)20-8-3-2-4-9-20;/h5-6,11,14,18H,2-4,7-10,12H2,1H3,(H,19,21);1H. The van der Waals surface area contributed by atoms with Gasteiger partial charge in [-0.2, -0.15) is 4.31 Å². The fourth-order valence-electron chi connectivity index (χ4n) is 3.16. The highest BCUT2D eigenvalue weighted by molar-refractivity contribution is 7.89. The molecule has 27 heavy (non-hydrogen) atoms. The average Bonchev–Trinajstić information content (AvgIpc) is 2.69. The molecule has 2 fully saturated rings. The second-order valence-electron chi connectivity index (χ2n) is 6.40. The SMILES string of the molecule is COc1ccc(NC(=O)C2COCCN2)cc1S(=O)(=O)N1CCCCC1.Cl. The Labute approximate surface area is 166 Å². The molecule has 2 aliphatic rings. The van der Waals surface area contributed by atoms with E-state index in [4.69, 9.17) is 9.47 Å². The number of benzene rings is 1. The lowest BCUT2D eigenvalue weighted by Crippen LogP contribution is -2.48. The third kappa shape index (κ3) is 5.11. The molecule has 0 radical (unpaired) electrons. The van der Waals surface area contributed by atoms with E-state index in [-0.39, 0.29) is 29.0 Å². The first-order chi connectivity index (χ1) is 12.5. The van der Waals surface area contributed by atoms with Crippen molar-refractivity contribution in [2.45, 2.75) is 30.2 Å². The van der Waals surface area contributed by atoms with E-state index in [1.807, 2.05) is 0 Å². The van der Waals surface area contributed by atoms with E-state index < -0.39 is 16.1 Å². The number of methoxy groups -OCH3 is 1. The zero-order valence-electron chi connectivity index (χ0n) is 15.3. The van der Waals surface area contributed by atoms with Gasteiger partial charge in [0.2, 0.25) is 15.9 Å². The average molecular weight is 420 g/mol. The van der Waals surface area contributed by atoms with Gasteiger partial charge in [0.15, 0.2) is 0 Å². The Balaban J connectivity index is 0.00000261. The summed E-state index contributed by atoms with van der Waals surface area (Å²) in [6.45, 7) is 2.48. The van der Waals surface area contributed by atoms with Crippen molar-refractivity contribution < 1.29 is 22.7 Å². The van der Waals surface area contributed by atoms with Crippen LogP contribution in [0.1, 0.15) is 19.3 Å². The van der Waals surface area contributed by atoms with Gasteiger partial charge in [0, 0.05) is 25.3 Å². The van der Waals surface area contributed by atoms with E-state index in [0.717, 1.165) is 19.3 Å². The first-order valence-electron chi connectivity index (χ1n) is 8.82. The van der Waals surface area contributed by atoms with Crippen molar-refractivity contribution in [2.24, 2.45) is 0 Å². The molecule has 10 heteroatoms. The molecule has 1 amide bonds. The summed E-state index contributed by atoms with van der Waals surface area (Å²) in [5, 5.41) is 5.83. The predicted octanol–water partition coefficient (Wildman–Crippen LogP) is 1.22.